The van der Waals surface area contributed by atoms with Crippen LogP contribution >= 0.6 is 0 Å². The van der Waals surface area contributed by atoms with Crippen LogP contribution in [0.1, 0.15) is 41.3 Å². The van der Waals surface area contributed by atoms with E-state index in [0.29, 0.717) is 31.3 Å². The van der Waals surface area contributed by atoms with Crippen molar-refractivity contribution in [2.75, 3.05) is 26.2 Å². The van der Waals surface area contributed by atoms with Gasteiger partial charge in [0.15, 0.2) is 0 Å². The molecule has 0 aromatic carbocycles. The lowest BCUT2D eigenvalue weighted by Gasteiger charge is -2.42. The van der Waals surface area contributed by atoms with Gasteiger partial charge in [0.1, 0.15) is 11.0 Å². The molecule has 10 heteroatoms. The van der Waals surface area contributed by atoms with Crippen molar-refractivity contribution in [1.82, 2.24) is 24.7 Å². The fourth-order valence-corrected chi connectivity index (χ4v) is 5.99. The number of hydrogen-bond acceptors (Lipinski definition) is 6. The number of rotatable bonds is 5. The molecule has 2 aliphatic heterocycles. The van der Waals surface area contributed by atoms with E-state index in [-0.39, 0.29) is 19.1 Å². The van der Waals surface area contributed by atoms with Gasteiger partial charge in [-0.3, -0.25) is 4.98 Å². The Balaban J connectivity index is 1.26. The minimum atomic E-state index is -3.39. The average Bonchev–Trinajstić information content (AvgIpc) is 3.03. The van der Waals surface area contributed by atoms with Crippen LogP contribution < -0.4 is 5.32 Å². The standard InChI is InChI=1S/C20H27N5O4S/c1-14-19(15(2)29-23-14)11-22-20(26)24-12-18(13-24)30(27,28)25-9-5-17(6-10-25)16-3-7-21-8-4-16/h3-4,7-8,17-18H,5-6,9-13H2,1-2H3,(H,22,26). The number of pyridine rings is 1. The van der Waals surface area contributed by atoms with E-state index in [4.69, 9.17) is 4.52 Å². The van der Waals surface area contributed by atoms with Gasteiger partial charge in [0.25, 0.3) is 0 Å². The van der Waals surface area contributed by atoms with Crippen molar-refractivity contribution in [1.29, 1.82) is 0 Å². The Morgan fingerprint density at radius 1 is 1.20 bits per heavy atom. The number of urea groups is 1. The Labute approximate surface area is 176 Å². The third-order valence-corrected chi connectivity index (χ3v) is 8.37. The fraction of sp³-hybridized carbons (Fsp3) is 0.550. The topological polar surface area (TPSA) is 109 Å². The predicted octanol–water partition coefficient (Wildman–Crippen LogP) is 1.79. The molecule has 162 valence electrons. The summed E-state index contributed by atoms with van der Waals surface area (Å²) in [4.78, 5) is 17.9. The van der Waals surface area contributed by atoms with Crippen LogP contribution in [-0.2, 0) is 16.6 Å². The first-order valence-corrected chi connectivity index (χ1v) is 11.7. The smallest absolute Gasteiger partial charge is 0.317 e. The molecule has 0 aliphatic carbocycles. The maximum absolute atomic E-state index is 13.0. The summed E-state index contributed by atoms with van der Waals surface area (Å²) in [7, 11) is -3.39. The zero-order chi connectivity index (χ0) is 21.3. The number of piperidine rings is 1. The van der Waals surface area contributed by atoms with E-state index in [0.717, 1.165) is 24.1 Å². The number of likely N-dealkylation sites (tertiary alicyclic amines) is 1. The van der Waals surface area contributed by atoms with E-state index in [2.05, 4.69) is 15.5 Å². The molecule has 2 aromatic heterocycles. The van der Waals surface area contributed by atoms with E-state index < -0.39 is 15.3 Å². The molecule has 30 heavy (non-hydrogen) atoms. The summed E-state index contributed by atoms with van der Waals surface area (Å²) < 4.78 is 32.6. The molecule has 2 aliphatic rings. The first-order chi connectivity index (χ1) is 14.4. The summed E-state index contributed by atoms with van der Waals surface area (Å²) >= 11 is 0. The first-order valence-electron chi connectivity index (χ1n) is 10.2. The highest BCUT2D eigenvalue weighted by Crippen LogP contribution is 2.31. The molecule has 0 spiro atoms. The molecule has 2 aromatic rings. The summed E-state index contributed by atoms with van der Waals surface area (Å²) in [5.41, 5.74) is 2.81. The van der Waals surface area contributed by atoms with E-state index in [1.54, 1.807) is 23.6 Å². The summed E-state index contributed by atoms with van der Waals surface area (Å²) in [6.45, 7) is 5.42. The van der Waals surface area contributed by atoms with Gasteiger partial charge in [0.05, 0.1) is 5.69 Å². The molecule has 0 saturated carbocycles. The lowest BCUT2D eigenvalue weighted by atomic mass is 9.91. The Morgan fingerprint density at radius 2 is 1.87 bits per heavy atom. The zero-order valence-electron chi connectivity index (χ0n) is 17.2. The van der Waals surface area contributed by atoms with Gasteiger partial charge in [0.2, 0.25) is 10.0 Å². The molecule has 0 bridgehead atoms. The van der Waals surface area contributed by atoms with Crippen molar-refractivity contribution >= 4 is 16.1 Å². The van der Waals surface area contributed by atoms with Crippen LogP contribution in [0.25, 0.3) is 0 Å². The number of carbonyl (C=O) groups excluding carboxylic acids is 1. The minimum absolute atomic E-state index is 0.222. The highest BCUT2D eigenvalue weighted by molar-refractivity contribution is 7.89. The lowest BCUT2D eigenvalue weighted by Crippen LogP contribution is -2.62. The molecule has 4 heterocycles. The number of nitrogens with one attached hydrogen (secondary N) is 1. The molecule has 2 saturated heterocycles. The van der Waals surface area contributed by atoms with Crippen molar-refractivity contribution in [2.24, 2.45) is 0 Å². The molecule has 2 amide bonds. The van der Waals surface area contributed by atoms with Crippen molar-refractivity contribution in [3.63, 3.8) is 0 Å². The summed E-state index contributed by atoms with van der Waals surface area (Å²) in [6, 6.07) is 3.73. The minimum Gasteiger partial charge on any atom is -0.361 e. The molecule has 0 radical (unpaired) electrons. The second kappa shape index (κ2) is 8.35. The Kier molecular flexibility index (Phi) is 5.79. The van der Waals surface area contributed by atoms with Crippen LogP contribution in [-0.4, -0.2) is 65.2 Å². The van der Waals surface area contributed by atoms with Crippen LogP contribution in [0.2, 0.25) is 0 Å². The zero-order valence-corrected chi connectivity index (χ0v) is 18.1. The van der Waals surface area contributed by atoms with E-state index in [1.165, 1.54) is 10.5 Å². The largest absolute Gasteiger partial charge is 0.361 e. The van der Waals surface area contributed by atoms with E-state index in [1.807, 2.05) is 19.1 Å². The summed E-state index contributed by atoms with van der Waals surface area (Å²) in [5, 5.41) is 6.16. The van der Waals surface area contributed by atoms with E-state index in [9.17, 15) is 13.2 Å². The fourth-order valence-electron chi connectivity index (χ4n) is 4.11. The third kappa shape index (κ3) is 4.06. The van der Waals surface area contributed by atoms with Crippen molar-refractivity contribution in [3.05, 3.63) is 47.1 Å². The van der Waals surface area contributed by atoms with Gasteiger partial charge in [-0.25, -0.2) is 17.5 Å². The number of aryl methyl sites for hydroxylation is 2. The monoisotopic (exact) mass is 433 g/mol. The van der Waals surface area contributed by atoms with Gasteiger partial charge >= 0.3 is 6.03 Å². The molecular weight excluding hydrogens is 406 g/mol. The Hall–Kier alpha value is -2.46. The van der Waals surface area contributed by atoms with Crippen molar-refractivity contribution in [2.45, 2.75) is 44.4 Å². The molecule has 9 nitrogen and oxygen atoms in total. The number of sulfonamides is 1. The lowest BCUT2D eigenvalue weighted by molar-refractivity contribution is 0.166. The van der Waals surface area contributed by atoms with Crippen LogP contribution in [0.4, 0.5) is 4.79 Å². The van der Waals surface area contributed by atoms with Gasteiger partial charge in [-0.15, -0.1) is 0 Å². The molecule has 4 rings (SSSR count). The highest BCUT2D eigenvalue weighted by atomic mass is 32.2. The first kappa shape index (κ1) is 20.8. The van der Waals surface area contributed by atoms with Gasteiger partial charge in [0, 0.05) is 50.7 Å². The van der Waals surface area contributed by atoms with E-state index >= 15 is 0 Å². The number of aromatic nitrogens is 2. The molecular formula is C20H27N5O4S. The number of amides is 2. The number of carbonyl (C=O) groups is 1. The van der Waals surface area contributed by atoms with Crippen LogP contribution in [0.3, 0.4) is 0 Å². The second-order valence-corrected chi connectivity index (χ2v) is 10.2. The Bertz CT molecular complexity index is 974. The van der Waals surface area contributed by atoms with Gasteiger partial charge in [-0.2, -0.15) is 0 Å². The maximum Gasteiger partial charge on any atom is 0.317 e. The number of nitrogens with zero attached hydrogens (tertiary/aromatic N) is 4. The van der Waals surface area contributed by atoms with Gasteiger partial charge in [-0.1, -0.05) is 5.16 Å². The second-order valence-electron chi connectivity index (χ2n) is 7.99. The Morgan fingerprint density at radius 3 is 2.47 bits per heavy atom. The average molecular weight is 434 g/mol. The normalized spacial score (nSPS) is 18.9. The molecule has 0 atom stereocenters. The molecule has 2 fully saturated rings. The summed E-state index contributed by atoms with van der Waals surface area (Å²) in [6.07, 6.45) is 5.16. The van der Waals surface area contributed by atoms with Crippen LogP contribution in [0.5, 0.6) is 0 Å². The van der Waals surface area contributed by atoms with Crippen LogP contribution in [0.15, 0.2) is 29.0 Å². The quantitative estimate of drug-likeness (QED) is 0.770. The van der Waals surface area contributed by atoms with Crippen molar-refractivity contribution in [3.8, 4) is 0 Å². The van der Waals surface area contributed by atoms with Gasteiger partial charge in [-0.05, 0) is 50.3 Å². The van der Waals surface area contributed by atoms with Crippen LogP contribution in [0, 0.1) is 13.8 Å². The highest BCUT2D eigenvalue weighted by Gasteiger charge is 2.43. The third-order valence-electron chi connectivity index (χ3n) is 6.15. The van der Waals surface area contributed by atoms with Gasteiger partial charge < -0.3 is 14.7 Å². The SMILES string of the molecule is Cc1noc(C)c1CNC(=O)N1CC(S(=O)(=O)N2CCC(c3ccncc3)CC2)C1. The predicted molar refractivity (Wildman–Crippen MR) is 110 cm³/mol. The number of hydrogen-bond donors (Lipinski definition) is 1. The summed E-state index contributed by atoms with van der Waals surface area (Å²) in [5.74, 6) is 1.04. The van der Waals surface area contributed by atoms with Crippen molar-refractivity contribution < 1.29 is 17.7 Å². The molecule has 1 N–H and O–H groups in total. The molecule has 0 unspecified atom stereocenters. The maximum atomic E-state index is 13.0.